The Morgan fingerprint density at radius 3 is 2.77 bits per heavy atom. The molecule has 0 atom stereocenters. The molecule has 3 heterocycles. The lowest BCUT2D eigenvalue weighted by Crippen LogP contribution is -2.18. The van der Waals surface area contributed by atoms with Crippen molar-refractivity contribution in [2.24, 2.45) is 0 Å². The zero-order valence-electron chi connectivity index (χ0n) is 17.1. The molecule has 4 rings (SSSR count). The van der Waals surface area contributed by atoms with E-state index in [4.69, 9.17) is 9.15 Å². The molecule has 4 aromatic rings. The topological polar surface area (TPSA) is 82.2 Å². The lowest BCUT2D eigenvalue weighted by Gasteiger charge is -2.11. The number of benzene rings is 1. The third-order valence-electron chi connectivity index (χ3n) is 4.86. The molecule has 1 N–H and O–H groups in total. The number of aryl methyl sites for hydroxylation is 2. The van der Waals surface area contributed by atoms with Crippen LogP contribution in [-0.2, 0) is 11.3 Å². The van der Waals surface area contributed by atoms with Gasteiger partial charge in [-0.05, 0) is 56.7 Å². The molecule has 0 unspecified atom stereocenters. The molecule has 0 aliphatic rings. The van der Waals surface area contributed by atoms with E-state index in [0.29, 0.717) is 48.4 Å². The number of hydrogen-bond donors (Lipinski definition) is 1. The number of hydrogen-bond acceptors (Lipinski definition) is 5. The number of nitrogens with zero attached hydrogens (tertiary/aromatic N) is 3. The minimum absolute atomic E-state index is 0.243. The van der Waals surface area contributed by atoms with E-state index in [-0.39, 0.29) is 5.91 Å². The van der Waals surface area contributed by atoms with Gasteiger partial charge in [0.05, 0.1) is 28.6 Å². The van der Waals surface area contributed by atoms with Gasteiger partial charge in [-0.25, -0.2) is 9.97 Å². The summed E-state index contributed by atoms with van der Waals surface area (Å²) in [6.45, 7) is 5.84. The van der Waals surface area contributed by atoms with Crippen LogP contribution in [-0.4, -0.2) is 33.7 Å². The van der Waals surface area contributed by atoms with Crippen LogP contribution in [0.4, 0.5) is 5.95 Å². The molecule has 0 spiro atoms. The number of pyridine rings is 1. The fraction of sp³-hybridized carbons (Fsp3) is 0.261. The number of nitrogens with one attached hydrogen (secondary N) is 1. The summed E-state index contributed by atoms with van der Waals surface area (Å²) in [4.78, 5) is 22.1. The van der Waals surface area contributed by atoms with E-state index in [9.17, 15) is 4.79 Å². The van der Waals surface area contributed by atoms with Crippen LogP contribution in [0.1, 0.15) is 29.4 Å². The lowest BCUT2D eigenvalue weighted by molar-refractivity contribution is 0.102. The van der Waals surface area contributed by atoms with E-state index in [2.05, 4.69) is 15.3 Å². The quantitative estimate of drug-likeness (QED) is 0.431. The highest BCUT2D eigenvalue weighted by Gasteiger charge is 2.17. The highest BCUT2D eigenvalue weighted by atomic mass is 16.5. The van der Waals surface area contributed by atoms with Crippen molar-refractivity contribution in [2.75, 3.05) is 18.5 Å². The summed E-state index contributed by atoms with van der Waals surface area (Å²) in [6.07, 6.45) is 2.43. The Morgan fingerprint density at radius 1 is 1.13 bits per heavy atom. The molecule has 3 aromatic heterocycles. The molecule has 30 heavy (non-hydrogen) atoms. The highest BCUT2D eigenvalue weighted by Crippen LogP contribution is 2.23. The van der Waals surface area contributed by atoms with Crippen LogP contribution in [0.15, 0.2) is 59.2 Å². The number of carbonyl (C=O) groups is 1. The summed E-state index contributed by atoms with van der Waals surface area (Å²) in [6, 6.07) is 15.0. The number of ether oxygens (including phenoxy) is 1. The van der Waals surface area contributed by atoms with Gasteiger partial charge in [0, 0.05) is 19.8 Å². The van der Waals surface area contributed by atoms with Crippen molar-refractivity contribution in [2.45, 2.75) is 26.8 Å². The molecule has 0 saturated carbocycles. The fourth-order valence-corrected chi connectivity index (χ4v) is 3.40. The maximum atomic E-state index is 13.0. The van der Waals surface area contributed by atoms with Crippen LogP contribution >= 0.6 is 0 Å². The lowest BCUT2D eigenvalue weighted by atomic mass is 10.1. The molecular formula is C23H24N4O3. The molecule has 0 bridgehead atoms. The first-order chi connectivity index (χ1) is 14.7. The SMILES string of the molecule is CCOCCCn1c(NC(=O)c2ccc(-c3ccco3)nc2C)nc2ccccc21. The minimum atomic E-state index is -0.243. The summed E-state index contributed by atoms with van der Waals surface area (Å²) < 4.78 is 12.9. The van der Waals surface area contributed by atoms with Crippen LogP contribution in [0.25, 0.3) is 22.5 Å². The van der Waals surface area contributed by atoms with Crippen molar-refractivity contribution in [1.29, 1.82) is 0 Å². The second kappa shape index (κ2) is 8.92. The van der Waals surface area contributed by atoms with Gasteiger partial charge < -0.3 is 13.7 Å². The average molecular weight is 404 g/mol. The maximum absolute atomic E-state index is 13.0. The average Bonchev–Trinajstić information content (AvgIpc) is 3.39. The van der Waals surface area contributed by atoms with Crippen LogP contribution in [0.3, 0.4) is 0 Å². The summed E-state index contributed by atoms with van der Waals surface area (Å²) in [7, 11) is 0. The van der Waals surface area contributed by atoms with Crippen LogP contribution in [0.5, 0.6) is 0 Å². The Bertz CT molecular complexity index is 1150. The van der Waals surface area contributed by atoms with Gasteiger partial charge in [-0.15, -0.1) is 0 Å². The monoisotopic (exact) mass is 404 g/mol. The standard InChI is InChI=1S/C23H24N4O3/c1-3-29-14-7-13-27-20-9-5-4-8-18(20)25-23(27)26-22(28)17-11-12-19(24-16(17)2)21-10-6-15-30-21/h4-6,8-12,15H,3,7,13-14H2,1-2H3,(H,25,26,28). The van der Waals surface area contributed by atoms with Crippen molar-refractivity contribution >= 4 is 22.9 Å². The van der Waals surface area contributed by atoms with Gasteiger partial charge in [-0.2, -0.15) is 0 Å². The van der Waals surface area contributed by atoms with E-state index in [0.717, 1.165) is 17.5 Å². The molecular weight excluding hydrogens is 380 g/mol. The van der Waals surface area contributed by atoms with Crippen molar-refractivity contribution in [3.63, 3.8) is 0 Å². The van der Waals surface area contributed by atoms with E-state index in [1.54, 1.807) is 18.4 Å². The van der Waals surface area contributed by atoms with Crippen LogP contribution < -0.4 is 5.32 Å². The van der Waals surface area contributed by atoms with Crippen molar-refractivity contribution in [3.8, 4) is 11.5 Å². The summed E-state index contributed by atoms with van der Waals surface area (Å²) in [5.41, 5.74) is 3.63. The van der Waals surface area contributed by atoms with Gasteiger partial charge in [0.2, 0.25) is 5.95 Å². The Balaban J connectivity index is 1.58. The Morgan fingerprint density at radius 2 is 2.00 bits per heavy atom. The summed E-state index contributed by atoms with van der Waals surface area (Å²) in [5, 5.41) is 2.96. The number of imidazole rings is 1. The summed E-state index contributed by atoms with van der Waals surface area (Å²) in [5.74, 6) is 0.945. The van der Waals surface area contributed by atoms with Crippen LogP contribution in [0, 0.1) is 6.92 Å². The number of aromatic nitrogens is 3. The first-order valence-electron chi connectivity index (χ1n) is 10.0. The van der Waals surface area contributed by atoms with E-state index >= 15 is 0 Å². The number of rotatable bonds is 8. The second-order valence-corrected chi connectivity index (χ2v) is 6.89. The number of anilines is 1. The second-order valence-electron chi connectivity index (χ2n) is 6.89. The molecule has 154 valence electrons. The number of fused-ring (bicyclic) bond motifs is 1. The van der Waals surface area contributed by atoms with Crippen LogP contribution in [0.2, 0.25) is 0 Å². The number of carbonyl (C=O) groups excluding carboxylic acids is 1. The predicted molar refractivity (Wildman–Crippen MR) is 115 cm³/mol. The molecule has 7 heteroatoms. The smallest absolute Gasteiger partial charge is 0.259 e. The largest absolute Gasteiger partial charge is 0.463 e. The first-order valence-corrected chi connectivity index (χ1v) is 10.0. The normalized spacial score (nSPS) is 11.1. The molecule has 0 saturated heterocycles. The van der Waals surface area contributed by atoms with Crippen molar-refractivity contribution < 1.29 is 13.9 Å². The zero-order valence-corrected chi connectivity index (χ0v) is 17.1. The van der Waals surface area contributed by atoms with Gasteiger partial charge in [-0.3, -0.25) is 10.1 Å². The molecule has 1 aromatic carbocycles. The molecule has 0 radical (unpaired) electrons. The van der Waals surface area contributed by atoms with Gasteiger partial charge in [0.15, 0.2) is 5.76 Å². The van der Waals surface area contributed by atoms with Gasteiger partial charge in [0.25, 0.3) is 5.91 Å². The van der Waals surface area contributed by atoms with E-state index < -0.39 is 0 Å². The Kier molecular flexibility index (Phi) is 5.90. The third-order valence-corrected chi connectivity index (χ3v) is 4.86. The van der Waals surface area contributed by atoms with E-state index in [1.165, 1.54) is 0 Å². The van der Waals surface area contributed by atoms with Gasteiger partial charge in [0.1, 0.15) is 5.69 Å². The number of amides is 1. The molecule has 0 aliphatic carbocycles. The highest BCUT2D eigenvalue weighted by molar-refractivity contribution is 6.05. The summed E-state index contributed by atoms with van der Waals surface area (Å²) >= 11 is 0. The van der Waals surface area contributed by atoms with Crippen molar-refractivity contribution in [3.05, 3.63) is 66.1 Å². The number of furan rings is 1. The fourth-order valence-electron chi connectivity index (χ4n) is 3.40. The number of para-hydroxylation sites is 2. The zero-order chi connectivity index (χ0) is 20.9. The molecule has 0 fully saturated rings. The molecule has 0 aliphatic heterocycles. The van der Waals surface area contributed by atoms with Gasteiger partial charge in [-0.1, -0.05) is 12.1 Å². The predicted octanol–water partition coefficient (Wildman–Crippen LogP) is 4.68. The van der Waals surface area contributed by atoms with Gasteiger partial charge >= 0.3 is 0 Å². The maximum Gasteiger partial charge on any atom is 0.259 e. The minimum Gasteiger partial charge on any atom is -0.463 e. The molecule has 1 amide bonds. The first kappa shape index (κ1) is 19.8. The van der Waals surface area contributed by atoms with Crippen molar-refractivity contribution in [1.82, 2.24) is 14.5 Å². The Labute approximate surface area is 174 Å². The van der Waals surface area contributed by atoms with E-state index in [1.807, 2.05) is 54.8 Å². The third kappa shape index (κ3) is 4.11. The molecule has 7 nitrogen and oxygen atoms in total. The Hall–Kier alpha value is -3.45.